The lowest BCUT2D eigenvalue weighted by Gasteiger charge is -2.18. The normalized spacial score (nSPS) is 10.0. The number of carbonyl (C=O) groups is 1. The zero-order valence-electron chi connectivity index (χ0n) is 6.51. The molecule has 0 saturated carbocycles. The zero-order chi connectivity index (χ0) is 7.49. The van der Waals surface area contributed by atoms with E-state index in [0.717, 1.165) is 0 Å². The van der Waals surface area contributed by atoms with Crippen molar-refractivity contribution in [2.75, 3.05) is 6.54 Å². The molecular weight excluding hydrogens is 154 g/mol. The molecule has 2 N–H and O–H groups in total. The van der Waals surface area contributed by atoms with Gasteiger partial charge in [0.2, 0.25) is 0 Å². The zero-order valence-corrected chi connectivity index (χ0v) is 7.33. The number of hydrogen-bond donors (Lipinski definition) is 1. The summed E-state index contributed by atoms with van der Waals surface area (Å²) in [7, 11) is 0. The molecule has 3 nitrogen and oxygen atoms in total. The van der Waals surface area contributed by atoms with Crippen LogP contribution in [0, 0.1) is 0 Å². The van der Waals surface area contributed by atoms with E-state index in [9.17, 15) is 4.79 Å². The van der Waals surface area contributed by atoms with Crippen LogP contribution >= 0.6 is 12.4 Å². The molecule has 62 valence electrons. The smallest absolute Gasteiger partial charge is 0.320 e. The lowest BCUT2D eigenvalue weighted by atomic mass is 10.2. The Kier molecular flexibility index (Phi) is 5.61. The Labute approximate surface area is 67.3 Å². The molecule has 0 saturated heterocycles. The third-order valence-corrected chi connectivity index (χ3v) is 0.587. The van der Waals surface area contributed by atoms with Gasteiger partial charge in [-0.2, -0.15) is 0 Å². The highest BCUT2D eigenvalue weighted by atomic mass is 35.5. The molecular formula is C6H14ClNO2. The minimum atomic E-state index is -0.406. The number of halogens is 1. The second kappa shape index (κ2) is 4.52. The van der Waals surface area contributed by atoms with Crippen molar-refractivity contribution < 1.29 is 9.53 Å². The minimum absolute atomic E-state index is 0. The highest BCUT2D eigenvalue weighted by Gasteiger charge is 2.13. The number of rotatable bonds is 1. The lowest BCUT2D eigenvalue weighted by molar-refractivity contribution is -0.152. The quantitative estimate of drug-likeness (QED) is 0.586. The van der Waals surface area contributed by atoms with Crippen molar-refractivity contribution in [3.8, 4) is 0 Å². The van der Waals surface area contributed by atoms with E-state index in [1.165, 1.54) is 0 Å². The van der Waals surface area contributed by atoms with E-state index in [1.807, 2.05) is 0 Å². The predicted molar refractivity (Wildman–Crippen MR) is 42.1 cm³/mol. The molecule has 0 aliphatic rings. The monoisotopic (exact) mass is 167 g/mol. The molecule has 0 fully saturated rings. The maximum atomic E-state index is 10.5. The van der Waals surface area contributed by atoms with Crippen molar-refractivity contribution in [3.05, 3.63) is 0 Å². The summed E-state index contributed by atoms with van der Waals surface area (Å²) < 4.78 is 4.82. The molecule has 0 aromatic heterocycles. The van der Waals surface area contributed by atoms with Crippen molar-refractivity contribution in [2.45, 2.75) is 26.4 Å². The van der Waals surface area contributed by atoms with Gasteiger partial charge in [-0.3, -0.25) is 4.79 Å². The summed E-state index contributed by atoms with van der Waals surface area (Å²) in [5.41, 5.74) is 4.60. The Bertz CT molecular complexity index is 109. The molecule has 0 bridgehead atoms. The number of esters is 1. The summed E-state index contributed by atoms with van der Waals surface area (Å²) in [6.45, 7) is 5.37. The lowest BCUT2D eigenvalue weighted by Crippen LogP contribution is -2.28. The number of ether oxygens (including phenoxy) is 1. The van der Waals surface area contributed by atoms with Gasteiger partial charge in [-0.1, -0.05) is 0 Å². The molecule has 0 heterocycles. The summed E-state index contributed by atoms with van der Waals surface area (Å²) in [6.07, 6.45) is 0. The molecule has 0 unspecified atom stereocenters. The maximum Gasteiger partial charge on any atom is 0.320 e. The highest BCUT2D eigenvalue weighted by molar-refractivity contribution is 5.85. The second-order valence-corrected chi connectivity index (χ2v) is 2.79. The van der Waals surface area contributed by atoms with Crippen LogP contribution in [-0.2, 0) is 9.53 Å². The fourth-order valence-electron chi connectivity index (χ4n) is 0.383. The van der Waals surface area contributed by atoms with Crippen LogP contribution in [0.15, 0.2) is 0 Å². The Morgan fingerprint density at radius 2 is 1.90 bits per heavy atom. The van der Waals surface area contributed by atoms with Crippen LogP contribution in [0.4, 0.5) is 0 Å². The van der Waals surface area contributed by atoms with E-state index in [2.05, 4.69) is 0 Å². The van der Waals surface area contributed by atoms with Crippen molar-refractivity contribution in [3.63, 3.8) is 0 Å². The third kappa shape index (κ3) is 7.72. The molecule has 0 aliphatic heterocycles. The molecule has 0 aromatic rings. The van der Waals surface area contributed by atoms with Crippen LogP contribution in [0.3, 0.4) is 0 Å². The van der Waals surface area contributed by atoms with Gasteiger partial charge in [0, 0.05) is 0 Å². The van der Waals surface area contributed by atoms with Crippen LogP contribution in [0.2, 0.25) is 0 Å². The maximum absolute atomic E-state index is 10.5. The molecule has 0 spiro atoms. The van der Waals surface area contributed by atoms with E-state index in [1.54, 1.807) is 20.8 Å². The average Bonchev–Trinajstić information content (AvgIpc) is 1.62. The van der Waals surface area contributed by atoms with Gasteiger partial charge in [-0.15, -0.1) is 12.4 Å². The first-order chi connectivity index (χ1) is 3.95. The summed E-state index contributed by atoms with van der Waals surface area (Å²) in [6, 6.07) is 0. The van der Waals surface area contributed by atoms with Crippen molar-refractivity contribution in [1.82, 2.24) is 0 Å². The SMILES string of the molecule is CC(C)(C)OC(=O)CN.Cl. The van der Waals surface area contributed by atoms with E-state index < -0.39 is 5.60 Å². The van der Waals surface area contributed by atoms with Gasteiger partial charge >= 0.3 is 5.97 Å². The fourth-order valence-corrected chi connectivity index (χ4v) is 0.383. The molecule has 0 rings (SSSR count). The van der Waals surface area contributed by atoms with E-state index in [0.29, 0.717) is 0 Å². The van der Waals surface area contributed by atoms with Gasteiger partial charge in [0.1, 0.15) is 5.60 Å². The van der Waals surface area contributed by atoms with Gasteiger partial charge in [0.05, 0.1) is 6.54 Å². The Morgan fingerprint density at radius 3 is 2.00 bits per heavy atom. The van der Waals surface area contributed by atoms with Gasteiger partial charge in [0.25, 0.3) is 0 Å². The Balaban J connectivity index is 0. The summed E-state index contributed by atoms with van der Waals surface area (Å²) in [5, 5.41) is 0. The standard InChI is InChI=1S/C6H13NO2.ClH/c1-6(2,3)9-5(8)4-7;/h4,7H2,1-3H3;1H. The molecule has 0 aromatic carbocycles. The first-order valence-corrected chi connectivity index (χ1v) is 2.87. The van der Waals surface area contributed by atoms with E-state index in [4.69, 9.17) is 10.5 Å². The largest absolute Gasteiger partial charge is 0.459 e. The molecule has 0 amide bonds. The number of nitrogens with two attached hydrogens (primary N) is 1. The second-order valence-electron chi connectivity index (χ2n) is 2.79. The van der Waals surface area contributed by atoms with Crippen LogP contribution in [-0.4, -0.2) is 18.1 Å². The van der Waals surface area contributed by atoms with E-state index >= 15 is 0 Å². The van der Waals surface area contributed by atoms with Crippen molar-refractivity contribution in [2.24, 2.45) is 5.73 Å². The highest BCUT2D eigenvalue weighted by Crippen LogP contribution is 2.05. The predicted octanol–water partition coefficient (Wildman–Crippen LogP) is 0.709. The average molecular weight is 168 g/mol. The summed E-state index contributed by atoms with van der Waals surface area (Å²) in [4.78, 5) is 10.5. The first kappa shape index (κ1) is 12.4. The summed E-state index contributed by atoms with van der Waals surface area (Å²) in [5.74, 6) is -0.359. The topological polar surface area (TPSA) is 52.3 Å². The van der Waals surface area contributed by atoms with Crippen LogP contribution in [0.1, 0.15) is 20.8 Å². The van der Waals surface area contributed by atoms with Crippen LogP contribution in [0.25, 0.3) is 0 Å². The van der Waals surface area contributed by atoms with Gasteiger partial charge in [-0.05, 0) is 20.8 Å². The summed E-state index contributed by atoms with van der Waals surface area (Å²) >= 11 is 0. The van der Waals surface area contributed by atoms with Gasteiger partial charge in [0.15, 0.2) is 0 Å². The minimum Gasteiger partial charge on any atom is -0.459 e. The molecule has 0 atom stereocenters. The van der Waals surface area contributed by atoms with E-state index in [-0.39, 0.29) is 24.9 Å². The Hall–Kier alpha value is -0.280. The van der Waals surface area contributed by atoms with Crippen molar-refractivity contribution >= 4 is 18.4 Å². The molecule has 0 aliphatic carbocycles. The number of hydrogen-bond acceptors (Lipinski definition) is 3. The van der Waals surface area contributed by atoms with Gasteiger partial charge in [-0.25, -0.2) is 0 Å². The fraction of sp³-hybridized carbons (Fsp3) is 0.833. The van der Waals surface area contributed by atoms with Crippen LogP contribution < -0.4 is 5.73 Å². The van der Waals surface area contributed by atoms with Crippen LogP contribution in [0.5, 0.6) is 0 Å². The van der Waals surface area contributed by atoms with Crippen molar-refractivity contribution in [1.29, 1.82) is 0 Å². The number of carbonyl (C=O) groups excluding carboxylic acids is 1. The van der Waals surface area contributed by atoms with Gasteiger partial charge < -0.3 is 10.5 Å². The third-order valence-electron chi connectivity index (χ3n) is 0.587. The first-order valence-electron chi connectivity index (χ1n) is 2.87. The molecule has 0 radical (unpaired) electrons. The Morgan fingerprint density at radius 1 is 1.50 bits per heavy atom. The molecule has 4 heteroatoms. The molecule has 10 heavy (non-hydrogen) atoms.